The number of hydrogen-bond donors (Lipinski definition) is 0. The van der Waals surface area contributed by atoms with Crippen molar-refractivity contribution in [3.05, 3.63) is 64.6 Å². The molecule has 0 aliphatic carbocycles. The largest absolute Gasteiger partial charge is 0.342 e. The standard InChI is InChI=1S/C17H18BrNO3/c1-19(15-7-5-4-6-8-15)16(20)17(21-2,22-3)13-9-11-14(18)12-10-13/h4-12H,1-3H3. The molecule has 0 fully saturated rings. The maximum atomic E-state index is 13.0. The third-order valence-electron chi connectivity index (χ3n) is 3.53. The first-order chi connectivity index (χ1) is 10.5. The minimum Gasteiger partial charge on any atom is -0.342 e. The fourth-order valence-corrected chi connectivity index (χ4v) is 2.54. The van der Waals surface area contributed by atoms with E-state index < -0.39 is 5.79 Å². The van der Waals surface area contributed by atoms with Gasteiger partial charge >= 0.3 is 0 Å². The van der Waals surface area contributed by atoms with Crippen molar-refractivity contribution in [2.45, 2.75) is 5.79 Å². The summed E-state index contributed by atoms with van der Waals surface area (Å²) in [5.74, 6) is -1.78. The molecule has 0 radical (unpaired) electrons. The van der Waals surface area contributed by atoms with Gasteiger partial charge in [0, 0.05) is 37.0 Å². The van der Waals surface area contributed by atoms with E-state index in [1.807, 2.05) is 42.5 Å². The molecule has 0 aromatic heterocycles. The predicted molar refractivity (Wildman–Crippen MR) is 89.7 cm³/mol. The quantitative estimate of drug-likeness (QED) is 0.762. The Bertz CT molecular complexity index is 624. The lowest BCUT2D eigenvalue weighted by Gasteiger charge is -2.33. The number of methoxy groups -OCH3 is 2. The Morgan fingerprint density at radius 2 is 1.55 bits per heavy atom. The normalized spacial score (nSPS) is 11.3. The van der Waals surface area contributed by atoms with Crippen LogP contribution in [0.4, 0.5) is 5.69 Å². The lowest BCUT2D eigenvalue weighted by atomic mass is 10.0. The van der Waals surface area contributed by atoms with Crippen molar-refractivity contribution < 1.29 is 14.3 Å². The first-order valence-corrected chi connectivity index (χ1v) is 7.54. The van der Waals surface area contributed by atoms with Gasteiger partial charge in [0.15, 0.2) is 0 Å². The molecule has 2 aromatic rings. The van der Waals surface area contributed by atoms with Crippen molar-refractivity contribution in [1.82, 2.24) is 0 Å². The van der Waals surface area contributed by atoms with E-state index in [-0.39, 0.29) is 5.91 Å². The molecule has 0 saturated heterocycles. The van der Waals surface area contributed by atoms with Crippen LogP contribution in [-0.4, -0.2) is 27.2 Å². The smallest absolute Gasteiger partial charge is 0.292 e. The van der Waals surface area contributed by atoms with Gasteiger partial charge < -0.3 is 14.4 Å². The van der Waals surface area contributed by atoms with E-state index in [4.69, 9.17) is 9.47 Å². The number of carbonyl (C=O) groups is 1. The molecule has 1 amide bonds. The summed E-state index contributed by atoms with van der Waals surface area (Å²) in [4.78, 5) is 14.5. The van der Waals surface area contributed by atoms with Crippen molar-refractivity contribution in [3.8, 4) is 0 Å². The number of para-hydroxylation sites is 1. The van der Waals surface area contributed by atoms with Crippen LogP contribution in [-0.2, 0) is 20.1 Å². The number of anilines is 1. The van der Waals surface area contributed by atoms with E-state index in [0.717, 1.165) is 10.2 Å². The van der Waals surface area contributed by atoms with Crippen molar-refractivity contribution in [2.24, 2.45) is 0 Å². The highest BCUT2D eigenvalue weighted by Gasteiger charge is 2.43. The van der Waals surface area contributed by atoms with E-state index in [2.05, 4.69) is 15.9 Å². The van der Waals surface area contributed by atoms with Gasteiger partial charge in [-0.15, -0.1) is 0 Å². The van der Waals surface area contributed by atoms with Crippen LogP contribution < -0.4 is 4.90 Å². The number of carbonyl (C=O) groups excluding carboxylic acids is 1. The van der Waals surface area contributed by atoms with Gasteiger partial charge in [0.05, 0.1) is 0 Å². The van der Waals surface area contributed by atoms with Crippen LogP contribution in [0.2, 0.25) is 0 Å². The number of hydrogen-bond acceptors (Lipinski definition) is 3. The van der Waals surface area contributed by atoms with E-state index in [1.165, 1.54) is 19.1 Å². The molecule has 5 heteroatoms. The van der Waals surface area contributed by atoms with Crippen molar-refractivity contribution in [2.75, 3.05) is 26.2 Å². The van der Waals surface area contributed by atoms with Crippen molar-refractivity contribution in [1.29, 1.82) is 0 Å². The molecule has 0 spiro atoms. The van der Waals surface area contributed by atoms with E-state index in [9.17, 15) is 4.79 Å². The Labute approximate surface area is 138 Å². The molecule has 2 rings (SSSR count). The summed E-state index contributed by atoms with van der Waals surface area (Å²) in [6.45, 7) is 0. The molecule has 0 heterocycles. The molecule has 0 atom stereocenters. The second kappa shape index (κ2) is 7.05. The fourth-order valence-electron chi connectivity index (χ4n) is 2.28. The maximum Gasteiger partial charge on any atom is 0.292 e. The fraction of sp³-hybridized carbons (Fsp3) is 0.235. The van der Waals surface area contributed by atoms with Gasteiger partial charge in [0.2, 0.25) is 0 Å². The van der Waals surface area contributed by atoms with E-state index >= 15 is 0 Å². The summed E-state index contributed by atoms with van der Waals surface area (Å²) in [5.41, 5.74) is 1.40. The monoisotopic (exact) mass is 363 g/mol. The number of halogens is 1. The van der Waals surface area contributed by atoms with Gasteiger partial charge in [-0.1, -0.05) is 46.3 Å². The highest BCUT2D eigenvalue weighted by Crippen LogP contribution is 2.31. The van der Waals surface area contributed by atoms with Crippen LogP contribution >= 0.6 is 15.9 Å². The van der Waals surface area contributed by atoms with Crippen LogP contribution in [0.1, 0.15) is 5.56 Å². The summed E-state index contributed by atoms with van der Waals surface area (Å²) in [6.07, 6.45) is 0. The van der Waals surface area contributed by atoms with Crippen molar-refractivity contribution in [3.63, 3.8) is 0 Å². The molecular weight excluding hydrogens is 346 g/mol. The minimum atomic E-state index is -1.48. The first-order valence-electron chi connectivity index (χ1n) is 6.74. The van der Waals surface area contributed by atoms with E-state index in [0.29, 0.717) is 5.56 Å². The summed E-state index contributed by atoms with van der Waals surface area (Å²) in [6, 6.07) is 16.7. The number of nitrogens with zero attached hydrogens (tertiary/aromatic N) is 1. The Hall–Kier alpha value is -1.69. The molecule has 0 aliphatic heterocycles. The zero-order chi connectivity index (χ0) is 16.2. The Kier molecular flexibility index (Phi) is 5.34. The van der Waals surface area contributed by atoms with Gasteiger partial charge in [-0.2, -0.15) is 0 Å². The highest BCUT2D eigenvalue weighted by atomic mass is 79.9. The summed E-state index contributed by atoms with van der Waals surface area (Å²) in [7, 11) is 4.62. The van der Waals surface area contributed by atoms with Crippen LogP contribution in [0.25, 0.3) is 0 Å². The van der Waals surface area contributed by atoms with Crippen LogP contribution in [0.3, 0.4) is 0 Å². The molecule has 116 valence electrons. The third kappa shape index (κ3) is 3.06. The number of likely N-dealkylation sites (N-methyl/N-ethyl adjacent to an activating group) is 1. The number of benzene rings is 2. The topological polar surface area (TPSA) is 38.8 Å². The first kappa shape index (κ1) is 16.7. The number of ether oxygens (including phenoxy) is 2. The van der Waals surface area contributed by atoms with Gasteiger partial charge in [-0.25, -0.2) is 0 Å². The molecule has 22 heavy (non-hydrogen) atoms. The molecule has 0 bridgehead atoms. The average molecular weight is 364 g/mol. The zero-order valence-electron chi connectivity index (χ0n) is 12.7. The maximum absolute atomic E-state index is 13.0. The SMILES string of the molecule is COC(OC)(C(=O)N(C)c1ccccc1)c1ccc(Br)cc1. The summed E-state index contributed by atoms with van der Waals surface area (Å²) < 4.78 is 11.9. The second-order valence-electron chi connectivity index (χ2n) is 4.73. The molecule has 2 aromatic carbocycles. The summed E-state index contributed by atoms with van der Waals surface area (Å²) in [5, 5.41) is 0. The predicted octanol–water partition coefficient (Wildman–Crippen LogP) is 3.56. The molecule has 0 aliphatic rings. The van der Waals surface area contributed by atoms with Crippen LogP contribution in [0.5, 0.6) is 0 Å². The lowest BCUT2D eigenvalue weighted by Crippen LogP contribution is -2.48. The van der Waals surface area contributed by atoms with Crippen LogP contribution in [0.15, 0.2) is 59.1 Å². The Balaban J connectivity index is 2.42. The Morgan fingerprint density at radius 3 is 2.05 bits per heavy atom. The van der Waals surface area contributed by atoms with Gasteiger partial charge in [-0.3, -0.25) is 4.79 Å². The zero-order valence-corrected chi connectivity index (χ0v) is 14.3. The number of rotatable bonds is 5. The van der Waals surface area contributed by atoms with Gasteiger partial charge in [0.25, 0.3) is 11.7 Å². The van der Waals surface area contributed by atoms with Gasteiger partial charge in [-0.05, 0) is 24.3 Å². The van der Waals surface area contributed by atoms with E-state index in [1.54, 1.807) is 19.2 Å². The summed E-state index contributed by atoms with van der Waals surface area (Å²) >= 11 is 3.38. The minimum absolute atomic E-state index is 0.300. The molecule has 0 saturated carbocycles. The number of amides is 1. The highest BCUT2D eigenvalue weighted by molar-refractivity contribution is 9.10. The van der Waals surface area contributed by atoms with Crippen molar-refractivity contribution >= 4 is 27.5 Å². The van der Waals surface area contributed by atoms with Crippen LogP contribution in [0, 0.1) is 0 Å². The second-order valence-corrected chi connectivity index (χ2v) is 5.65. The molecule has 4 nitrogen and oxygen atoms in total. The average Bonchev–Trinajstić information content (AvgIpc) is 2.58. The Morgan fingerprint density at radius 1 is 1.00 bits per heavy atom. The molecular formula is C17H18BrNO3. The lowest BCUT2D eigenvalue weighted by molar-refractivity contribution is -0.212. The molecule has 0 unspecified atom stereocenters. The van der Waals surface area contributed by atoms with Gasteiger partial charge in [0.1, 0.15) is 0 Å². The molecule has 0 N–H and O–H groups in total. The third-order valence-corrected chi connectivity index (χ3v) is 4.06.